The fourth-order valence-corrected chi connectivity index (χ4v) is 1.18. The van der Waals surface area contributed by atoms with Crippen LogP contribution in [0.3, 0.4) is 0 Å². The molecule has 1 N–H and O–H groups in total. The number of carbonyl (C=O) groups excluding carboxylic acids is 1. The number of ether oxygens (including phenoxy) is 1. The van der Waals surface area contributed by atoms with Crippen LogP contribution in [0, 0.1) is 0 Å². The Labute approximate surface area is 93.6 Å². The number of carbonyl (C=O) groups is 1. The Hall–Kier alpha value is -1.29. The maximum absolute atomic E-state index is 11.1. The van der Waals surface area contributed by atoms with Crippen LogP contribution in [0.15, 0.2) is 18.3 Å². The first kappa shape index (κ1) is 11.8. The summed E-state index contributed by atoms with van der Waals surface area (Å²) >= 11 is 5.43. The molecule has 0 saturated carbocycles. The van der Waals surface area contributed by atoms with E-state index in [-0.39, 0.29) is 5.91 Å². The van der Waals surface area contributed by atoms with Crippen LogP contribution in [0.5, 0.6) is 5.88 Å². The van der Waals surface area contributed by atoms with E-state index in [0.717, 1.165) is 5.56 Å². The van der Waals surface area contributed by atoms with Crippen molar-refractivity contribution >= 4 is 17.5 Å². The van der Waals surface area contributed by atoms with Gasteiger partial charge in [0.25, 0.3) is 0 Å². The molecule has 0 saturated heterocycles. The smallest absolute Gasteiger partial charge is 0.221 e. The van der Waals surface area contributed by atoms with Gasteiger partial charge in [-0.2, -0.15) is 0 Å². The Balaban J connectivity index is 2.40. The number of hydrogen-bond donors (Lipinski definition) is 1. The number of amides is 1. The highest BCUT2D eigenvalue weighted by molar-refractivity contribution is 6.18. The Morgan fingerprint density at radius 3 is 2.93 bits per heavy atom. The minimum atomic E-state index is -0.0548. The molecule has 5 heteroatoms. The molecule has 4 nitrogen and oxygen atoms in total. The molecule has 1 rings (SSSR count). The number of nitrogens with one attached hydrogen (secondary N) is 1. The van der Waals surface area contributed by atoms with E-state index in [0.29, 0.717) is 24.7 Å². The SMILES string of the molecule is COc1ccc(CNC(=O)CCCl)cn1. The number of aromatic nitrogens is 1. The van der Waals surface area contributed by atoms with Gasteiger partial charge >= 0.3 is 0 Å². The molecule has 82 valence electrons. The molecule has 0 aliphatic heterocycles. The van der Waals surface area contributed by atoms with Crippen LogP contribution >= 0.6 is 11.6 Å². The van der Waals surface area contributed by atoms with E-state index in [1.165, 1.54) is 0 Å². The van der Waals surface area contributed by atoms with Crippen LogP contribution in [-0.4, -0.2) is 23.9 Å². The Morgan fingerprint density at radius 2 is 2.40 bits per heavy atom. The topological polar surface area (TPSA) is 51.2 Å². The first-order valence-corrected chi connectivity index (χ1v) is 5.11. The third kappa shape index (κ3) is 4.16. The molecule has 1 aromatic rings. The van der Waals surface area contributed by atoms with E-state index in [1.807, 2.05) is 6.07 Å². The molecule has 1 heterocycles. The largest absolute Gasteiger partial charge is 0.481 e. The molecule has 0 unspecified atom stereocenters. The summed E-state index contributed by atoms with van der Waals surface area (Å²) in [6.45, 7) is 0.465. The second kappa shape index (κ2) is 6.24. The van der Waals surface area contributed by atoms with Crippen LogP contribution in [0.25, 0.3) is 0 Å². The van der Waals surface area contributed by atoms with Crippen LogP contribution in [0.2, 0.25) is 0 Å². The van der Waals surface area contributed by atoms with Gasteiger partial charge in [0.15, 0.2) is 0 Å². The van der Waals surface area contributed by atoms with Crippen LogP contribution in [0.4, 0.5) is 0 Å². The lowest BCUT2D eigenvalue weighted by Crippen LogP contribution is -2.22. The summed E-state index contributed by atoms with van der Waals surface area (Å²) in [7, 11) is 1.56. The summed E-state index contributed by atoms with van der Waals surface area (Å²) in [5.41, 5.74) is 0.929. The van der Waals surface area contributed by atoms with Crippen LogP contribution in [-0.2, 0) is 11.3 Å². The quantitative estimate of drug-likeness (QED) is 0.774. The van der Waals surface area contributed by atoms with E-state index in [9.17, 15) is 4.79 Å². The number of pyridine rings is 1. The van der Waals surface area contributed by atoms with Crippen molar-refractivity contribution in [2.75, 3.05) is 13.0 Å². The first-order chi connectivity index (χ1) is 7.26. The number of rotatable bonds is 5. The van der Waals surface area contributed by atoms with E-state index in [4.69, 9.17) is 16.3 Å². The van der Waals surface area contributed by atoms with E-state index >= 15 is 0 Å². The van der Waals surface area contributed by atoms with Gasteiger partial charge < -0.3 is 10.1 Å². The zero-order valence-electron chi connectivity index (χ0n) is 8.50. The lowest BCUT2D eigenvalue weighted by molar-refractivity contribution is -0.120. The van der Waals surface area contributed by atoms with E-state index in [1.54, 1.807) is 19.4 Å². The second-order valence-corrected chi connectivity index (χ2v) is 3.30. The molecule has 0 bridgehead atoms. The fourth-order valence-electron chi connectivity index (χ4n) is 1.01. The molecular weight excluding hydrogens is 216 g/mol. The van der Waals surface area contributed by atoms with Crippen molar-refractivity contribution in [1.29, 1.82) is 0 Å². The van der Waals surface area contributed by atoms with Gasteiger partial charge in [-0.3, -0.25) is 4.79 Å². The van der Waals surface area contributed by atoms with Gasteiger partial charge in [0.05, 0.1) is 7.11 Å². The summed E-state index contributed by atoms with van der Waals surface area (Å²) in [4.78, 5) is 15.1. The van der Waals surface area contributed by atoms with Crippen molar-refractivity contribution in [2.24, 2.45) is 0 Å². The van der Waals surface area contributed by atoms with Gasteiger partial charge in [-0.1, -0.05) is 6.07 Å². The van der Waals surface area contributed by atoms with E-state index in [2.05, 4.69) is 10.3 Å². The summed E-state index contributed by atoms with van der Waals surface area (Å²) in [6.07, 6.45) is 2.00. The standard InChI is InChI=1S/C10H13ClN2O2/c1-15-10-3-2-8(7-13-10)6-12-9(14)4-5-11/h2-3,7H,4-6H2,1H3,(H,12,14). The van der Waals surface area contributed by atoms with Crippen molar-refractivity contribution in [3.8, 4) is 5.88 Å². The Morgan fingerprint density at radius 1 is 1.60 bits per heavy atom. The maximum Gasteiger partial charge on any atom is 0.221 e. The number of methoxy groups -OCH3 is 1. The van der Waals surface area contributed by atoms with Crippen LogP contribution < -0.4 is 10.1 Å². The van der Waals surface area contributed by atoms with Crippen molar-refractivity contribution in [2.45, 2.75) is 13.0 Å². The number of halogens is 1. The minimum absolute atomic E-state index is 0.0548. The number of hydrogen-bond acceptors (Lipinski definition) is 3. The molecule has 0 atom stereocenters. The molecule has 1 aromatic heterocycles. The molecule has 0 aliphatic carbocycles. The zero-order valence-corrected chi connectivity index (χ0v) is 9.25. The molecular formula is C10H13ClN2O2. The molecule has 0 spiro atoms. The fraction of sp³-hybridized carbons (Fsp3) is 0.400. The minimum Gasteiger partial charge on any atom is -0.481 e. The molecule has 0 radical (unpaired) electrons. The average Bonchev–Trinajstić information content (AvgIpc) is 2.27. The Bertz CT molecular complexity index is 314. The van der Waals surface area contributed by atoms with Gasteiger partial charge in [-0.15, -0.1) is 11.6 Å². The van der Waals surface area contributed by atoms with Gasteiger partial charge in [0.2, 0.25) is 11.8 Å². The Kier molecular flexibility index (Phi) is 4.90. The summed E-state index contributed by atoms with van der Waals surface area (Å²) in [5, 5.41) is 2.73. The molecule has 1 amide bonds. The van der Waals surface area contributed by atoms with Crippen molar-refractivity contribution in [1.82, 2.24) is 10.3 Å². The normalized spacial score (nSPS) is 9.73. The highest BCUT2D eigenvalue weighted by Gasteiger charge is 2.00. The molecule has 15 heavy (non-hydrogen) atoms. The highest BCUT2D eigenvalue weighted by Crippen LogP contribution is 2.06. The van der Waals surface area contributed by atoms with Gasteiger partial charge in [0.1, 0.15) is 0 Å². The molecule has 0 fully saturated rings. The summed E-state index contributed by atoms with van der Waals surface area (Å²) in [6, 6.07) is 3.61. The lowest BCUT2D eigenvalue weighted by Gasteiger charge is -2.04. The van der Waals surface area contributed by atoms with E-state index < -0.39 is 0 Å². The van der Waals surface area contributed by atoms with Gasteiger partial charge in [-0.05, 0) is 5.56 Å². The average molecular weight is 229 g/mol. The van der Waals surface area contributed by atoms with Gasteiger partial charge in [0, 0.05) is 31.1 Å². The van der Waals surface area contributed by atoms with Gasteiger partial charge in [-0.25, -0.2) is 4.98 Å². The summed E-state index contributed by atoms with van der Waals surface area (Å²) in [5.74, 6) is 0.846. The predicted molar refractivity (Wildman–Crippen MR) is 58.0 cm³/mol. The highest BCUT2D eigenvalue weighted by atomic mass is 35.5. The van der Waals surface area contributed by atoms with Crippen molar-refractivity contribution in [3.05, 3.63) is 23.9 Å². The lowest BCUT2D eigenvalue weighted by atomic mass is 10.3. The monoisotopic (exact) mass is 228 g/mol. The number of alkyl halides is 1. The first-order valence-electron chi connectivity index (χ1n) is 4.58. The molecule has 0 aliphatic rings. The maximum atomic E-state index is 11.1. The third-order valence-electron chi connectivity index (χ3n) is 1.82. The second-order valence-electron chi connectivity index (χ2n) is 2.92. The van der Waals surface area contributed by atoms with Crippen LogP contribution in [0.1, 0.15) is 12.0 Å². The summed E-state index contributed by atoms with van der Waals surface area (Å²) < 4.78 is 4.92. The van der Waals surface area contributed by atoms with Crippen molar-refractivity contribution in [3.63, 3.8) is 0 Å². The molecule has 0 aromatic carbocycles. The number of nitrogens with zero attached hydrogens (tertiary/aromatic N) is 1. The third-order valence-corrected chi connectivity index (χ3v) is 2.01. The zero-order chi connectivity index (χ0) is 11.1. The predicted octanol–water partition coefficient (Wildman–Crippen LogP) is 1.34. The van der Waals surface area contributed by atoms with Crippen molar-refractivity contribution < 1.29 is 9.53 Å².